The van der Waals surface area contributed by atoms with Crippen LogP contribution in [0.5, 0.6) is 0 Å². The average Bonchev–Trinajstić information content (AvgIpc) is 2.65. The molecular weight excluding hydrogens is 274 g/mol. The van der Waals surface area contributed by atoms with Crippen LogP contribution in [-0.2, 0) is 11.3 Å². The lowest BCUT2D eigenvalue weighted by atomic mass is 9.94. The summed E-state index contributed by atoms with van der Waals surface area (Å²) in [5.74, 6) is -1.48. The number of rotatable bonds is 3. The minimum Gasteiger partial charge on any atom is -0.341 e. The largest absolute Gasteiger partial charge is 0.341 e. The molecule has 3 nitrogen and oxygen atoms in total. The summed E-state index contributed by atoms with van der Waals surface area (Å²) in [6.45, 7) is 0.133. The first-order valence-electron chi connectivity index (χ1n) is 7.43. The first-order chi connectivity index (χ1) is 9.99. The number of halogens is 2. The van der Waals surface area contributed by atoms with Gasteiger partial charge in [0.2, 0.25) is 5.91 Å². The molecule has 0 aromatic heterocycles. The van der Waals surface area contributed by atoms with Crippen LogP contribution >= 0.6 is 0 Å². The van der Waals surface area contributed by atoms with E-state index >= 15 is 0 Å². The average molecular weight is 296 g/mol. The van der Waals surface area contributed by atoms with Crippen molar-refractivity contribution in [2.75, 3.05) is 7.05 Å². The topological polar surface area (TPSA) is 46.3 Å². The third-order valence-electron chi connectivity index (χ3n) is 4.19. The van der Waals surface area contributed by atoms with E-state index in [-0.39, 0.29) is 24.4 Å². The number of amides is 1. The minimum atomic E-state index is -0.625. The number of nitrogens with zero attached hydrogens (tertiary/aromatic N) is 1. The summed E-state index contributed by atoms with van der Waals surface area (Å²) >= 11 is 0. The van der Waals surface area contributed by atoms with Crippen molar-refractivity contribution in [3.63, 3.8) is 0 Å². The van der Waals surface area contributed by atoms with E-state index in [1.165, 1.54) is 17.0 Å². The van der Waals surface area contributed by atoms with E-state index < -0.39 is 11.6 Å². The molecule has 1 saturated carbocycles. The molecule has 1 aromatic rings. The van der Waals surface area contributed by atoms with Crippen LogP contribution in [0, 0.1) is 17.6 Å². The van der Waals surface area contributed by atoms with Gasteiger partial charge in [-0.25, -0.2) is 8.78 Å². The molecule has 0 spiro atoms. The second-order valence-corrected chi connectivity index (χ2v) is 5.84. The molecule has 1 amide bonds. The van der Waals surface area contributed by atoms with Gasteiger partial charge in [-0.05, 0) is 18.9 Å². The fourth-order valence-corrected chi connectivity index (χ4v) is 2.91. The van der Waals surface area contributed by atoms with Gasteiger partial charge in [0.25, 0.3) is 0 Å². The molecule has 2 atom stereocenters. The van der Waals surface area contributed by atoms with E-state index in [1.54, 1.807) is 7.05 Å². The molecular formula is C16H22F2N2O. The summed E-state index contributed by atoms with van der Waals surface area (Å²) in [6.07, 6.45) is 4.81. The minimum absolute atomic E-state index is 0.0480. The normalized spacial score (nSPS) is 22.7. The Hall–Kier alpha value is -1.49. The van der Waals surface area contributed by atoms with Crippen molar-refractivity contribution in [1.82, 2.24) is 4.90 Å². The Bertz CT molecular complexity index is 507. The van der Waals surface area contributed by atoms with E-state index in [1.807, 2.05) is 0 Å². The molecule has 0 radical (unpaired) electrons. The van der Waals surface area contributed by atoms with Gasteiger partial charge in [0.05, 0.1) is 5.92 Å². The number of carbonyl (C=O) groups is 1. The van der Waals surface area contributed by atoms with Crippen LogP contribution in [0.1, 0.15) is 37.7 Å². The van der Waals surface area contributed by atoms with Crippen molar-refractivity contribution in [2.24, 2.45) is 11.7 Å². The summed E-state index contributed by atoms with van der Waals surface area (Å²) in [4.78, 5) is 14.0. The van der Waals surface area contributed by atoms with Gasteiger partial charge >= 0.3 is 0 Å². The Morgan fingerprint density at radius 3 is 2.71 bits per heavy atom. The van der Waals surface area contributed by atoms with E-state index in [2.05, 4.69) is 0 Å². The van der Waals surface area contributed by atoms with Crippen molar-refractivity contribution >= 4 is 5.91 Å². The number of benzene rings is 1. The lowest BCUT2D eigenvalue weighted by molar-refractivity contribution is -0.135. The highest BCUT2D eigenvalue weighted by Gasteiger charge is 2.29. The first kappa shape index (κ1) is 15.9. The third kappa shape index (κ3) is 4.00. The van der Waals surface area contributed by atoms with Crippen molar-refractivity contribution in [1.29, 1.82) is 0 Å². The van der Waals surface area contributed by atoms with Gasteiger partial charge in [-0.1, -0.05) is 25.3 Å². The molecule has 0 aliphatic heterocycles. The van der Waals surface area contributed by atoms with Gasteiger partial charge in [0, 0.05) is 31.3 Å². The molecule has 1 fully saturated rings. The molecule has 2 unspecified atom stereocenters. The van der Waals surface area contributed by atoms with Crippen LogP contribution in [0.4, 0.5) is 8.78 Å². The van der Waals surface area contributed by atoms with Gasteiger partial charge in [0.1, 0.15) is 11.6 Å². The van der Waals surface area contributed by atoms with Gasteiger partial charge in [-0.3, -0.25) is 4.79 Å². The molecule has 0 saturated heterocycles. The number of hydrogen-bond acceptors (Lipinski definition) is 2. The molecule has 1 aliphatic carbocycles. The van der Waals surface area contributed by atoms with E-state index in [9.17, 15) is 13.6 Å². The summed E-state index contributed by atoms with van der Waals surface area (Å²) in [7, 11) is 1.64. The standard InChI is InChI=1S/C16H22F2N2O/c1-20(10-11-7-8-12(17)9-14(11)18)16(21)13-5-3-2-4-6-15(13)19/h7-9,13,15H,2-6,10,19H2,1H3. The second kappa shape index (κ2) is 6.98. The summed E-state index contributed by atoms with van der Waals surface area (Å²) in [5.41, 5.74) is 6.40. The van der Waals surface area contributed by atoms with E-state index in [0.717, 1.165) is 38.2 Å². The number of carbonyl (C=O) groups excluding carboxylic acids is 1. The van der Waals surface area contributed by atoms with E-state index in [4.69, 9.17) is 5.73 Å². The fourth-order valence-electron chi connectivity index (χ4n) is 2.91. The van der Waals surface area contributed by atoms with Crippen molar-refractivity contribution in [2.45, 2.75) is 44.7 Å². The second-order valence-electron chi connectivity index (χ2n) is 5.84. The van der Waals surface area contributed by atoms with Gasteiger partial charge in [-0.2, -0.15) is 0 Å². The quantitative estimate of drug-likeness (QED) is 0.872. The predicted molar refractivity (Wildman–Crippen MR) is 77.4 cm³/mol. The smallest absolute Gasteiger partial charge is 0.227 e. The maximum Gasteiger partial charge on any atom is 0.227 e. The summed E-state index contributed by atoms with van der Waals surface area (Å²) in [5, 5.41) is 0. The SMILES string of the molecule is CN(Cc1ccc(F)cc1F)C(=O)C1CCCCCC1N. The highest BCUT2D eigenvalue weighted by atomic mass is 19.1. The predicted octanol–water partition coefficient (Wildman–Crippen LogP) is 2.83. The molecule has 2 rings (SSSR count). The summed E-state index contributed by atoms with van der Waals surface area (Å²) < 4.78 is 26.5. The zero-order chi connectivity index (χ0) is 15.4. The van der Waals surface area contributed by atoms with Crippen LogP contribution in [0.25, 0.3) is 0 Å². The zero-order valence-electron chi connectivity index (χ0n) is 12.3. The Kier molecular flexibility index (Phi) is 5.28. The lowest BCUT2D eigenvalue weighted by Crippen LogP contribution is -2.42. The Morgan fingerprint density at radius 1 is 1.29 bits per heavy atom. The molecule has 0 heterocycles. The van der Waals surface area contributed by atoms with E-state index in [0.29, 0.717) is 5.56 Å². The van der Waals surface area contributed by atoms with Crippen LogP contribution in [-0.4, -0.2) is 23.9 Å². The highest BCUT2D eigenvalue weighted by Crippen LogP contribution is 2.24. The Morgan fingerprint density at radius 2 is 2.00 bits per heavy atom. The van der Waals surface area contributed by atoms with Crippen LogP contribution < -0.4 is 5.73 Å². The summed E-state index contributed by atoms with van der Waals surface area (Å²) in [6, 6.07) is 3.29. The molecule has 21 heavy (non-hydrogen) atoms. The third-order valence-corrected chi connectivity index (χ3v) is 4.19. The van der Waals surface area contributed by atoms with Crippen molar-refractivity contribution < 1.29 is 13.6 Å². The van der Waals surface area contributed by atoms with Crippen LogP contribution in [0.15, 0.2) is 18.2 Å². The molecule has 2 N–H and O–H groups in total. The van der Waals surface area contributed by atoms with Crippen LogP contribution in [0.2, 0.25) is 0 Å². The van der Waals surface area contributed by atoms with Crippen molar-refractivity contribution in [3.8, 4) is 0 Å². The monoisotopic (exact) mass is 296 g/mol. The molecule has 5 heteroatoms. The van der Waals surface area contributed by atoms with Crippen molar-refractivity contribution in [3.05, 3.63) is 35.4 Å². The maximum atomic E-state index is 13.7. The Balaban J connectivity index is 2.04. The molecule has 1 aliphatic rings. The highest BCUT2D eigenvalue weighted by molar-refractivity contribution is 5.79. The first-order valence-corrected chi connectivity index (χ1v) is 7.43. The number of hydrogen-bond donors (Lipinski definition) is 1. The molecule has 1 aromatic carbocycles. The number of nitrogens with two attached hydrogens (primary N) is 1. The van der Waals surface area contributed by atoms with Gasteiger partial charge in [0.15, 0.2) is 0 Å². The fraction of sp³-hybridized carbons (Fsp3) is 0.562. The maximum absolute atomic E-state index is 13.7. The Labute approximate surface area is 124 Å². The van der Waals surface area contributed by atoms with Gasteiger partial charge in [-0.15, -0.1) is 0 Å². The molecule has 0 bridgehead atoms. The van der Waals surface area contributed by atoms with Crippen LogP contribution in [0.3, 0.4) is 0 Å². The van der Waals surface area contributed by atoms with Gasteiger partial charge < -0.3 is 10.6 Å². The zero-order valence-corrected chi connectivity index (χ0v) is 12.3. The molecule has 116 valence electrons. The lowest BCUT2D eigenvalue weighted by Gasteiger charge is -2.26.